The number of aromatic carboxylic acids is 1. The number of rotatable bonds is 4. The molecule has 0 bridgehead atoms. The second-order valence-corrected chi connectivity index (χ2v) is 3.19. The summed E-state index contributed by atoms with van der Waals surface area (Å²) in [4.78, 5) is 14.2. The number of hydrogen-bond donors (Lipinski definition) is 2. The van der Waals surface area contributed by atoms with Gasteiger partial charge >= 0.3 is 5.97 Å². The lowest BCUT2D eigenvalue weighted by atomic mass is 10.3. The molecule has 1 aromatic carbocycles. The Bertz CT molecular complexity index is 534. The standard InChI is InChI=1S/C11H9NO5/c13-8-3-1-2-4-9(8)16-6-10-12-7(5-17-10)11(14)15/h1-5,13H,6H2,(H,14,15). The minimum Gasteiger partial charge on any atom is -0.504 e. The van der Waals surface area contributed by atoms with Gasteiger partial charge in [0.2, 0.25) is 5.89 Å². The Kier molecular flexibility index (Phi) is 2.95. The Morgan fingerprint density at radius 1 is 1.41 bits per heavy atom. The van der Waals surface area contributed by atoms with E-state index in [1.54, 1.807) is 18.2 Å². The van der Waals surface area contributed by atoms with E-state index in [4.69, 9.17) is 14.3 Å². The maximum absolute atomic E-state index is 10.5. The second-order valence-electron chi connectivity index (χ2n) is 3.19. The number of aromatic hydroxyl groups is 1. The molecule has 1 heterocycles. The monoisotopic (exact) mass is 235 g/mol. The van der Waals surface area contributed by atoms with E-state index < -0.39 is 5.97 Å². The highest BCUT2D eigenvalue weighted by atomic mass is 16.5. The van der Waals surface area contributed by atoms with Gasteiger partial charge in [-0.15, -0.1) is 0 Å². The fourth-order valence-electron chi connectivity index (χ4n) is 1.19. The molecule has 2 rings (SSSR count). The first-order chi connectivity index (χ1) is 8.16. The van der Waals surface area contributed by atoms with Gasteiger partial charge in [-0.05, 0) is 12.1 Å². The van der Waals surface area contributed by atoms with Crippen molar-refractivity contribution in [1.29, 1.82) is 0 Å². The molecule has 88 valence electrons. The summed E-state index contributed by atoms with van der Waals surface area (Å²) in [5.41, 5.74) is -0.180. The average molecular weight is 235 g/mol. The van der Waals surface area contributed by atoms with Gasteiger partial charge in [-0.25, -0.2) is 9.78 Å². The number of benzene rings is 1. The number of carboxylic acid groups (broad SMARTS) is 1. The molecule has 6 nitrogen and oxygen atoms in total. The van der Waals surface area contributed by atoms with Gasteiger partial charge in [-0.2, -0.15) is 0 Å². The predicted octanol–water partition coefficient (Wildman–Crippen LogP) is 1.66. The van der Waals surface area contributed by atoms with E-state index in [1.807, 2.05) is 0 Å². The molecule has 17 heavy (non-hydrogen) atoms. The van der Waals surface area contributed by atoms with Crippen LogP contribution < -0.4 is 4.74 Å². The summed E-state index contributed by atoms with van der Waals surface area (Å²) in [5, 5.41) is 18.0. The third-order valence-electron chi connectivity index (χ3n) is 1.99. The largest absolute Gasteiger partial charge is 0.504 e. The first-order valence-electron chi connectivity index (χ1n) is 4.75. The molecule has 0 saturated carbocycles. The van der Waals surface area contributed by atoms with Crippen LogP contribution >= 0.6 is 0 Å². The lowest BCUT2D eigenvalue weighted by Gasteiger charge is -2.04. The van der Waals surface area contributed by atoms with Crippen molar-refractivity contribution < 1.29 is 24.2 Å². The minimum atomic E-state index is -1.16. The zero-order chi connectivity index (χ0) is 12.3. The number of carboxylic acids is 1. The quantitative estimate of drug-likeness (QED) is 0.837. The Labute approximate surface area is 96.1 Å². The van der Waals surface area contributed by atoms with Crippen LogP contribution in [-0.4, -0.2) is 21.2 Å². The lowest BCUT2D eigenvalue weighted by molar-refractivity contribution is 0.0690. The van der Waals surface area contributed by atoms with Gasteiger partial charge in [0.1, 0.15) is 6.26 Å². The maximum Gasteiger partial charge on any atom is 0.357 e. The molecule has 2 aromatic rings. The number of phenols is 1. The van der Waals surface area contributed by atoms with Gasteiger partial charge in [0.05, 0.1) is 0 Å². The molecule has 0 spiro atoms. The van der Waals surface area contributed by atoms with Crippen molar-refractivity contribution in [3.8, 4) is 11.5 Å². The van der Waals surface area contributed by atoms with Gasteiger partial charge in [0.25, 0.3) is 0 Å². The molecule has 0 aliphatic rings. The first-order valence-corrected chi connectivity index (χ1v) is 4.75. The van der Waals surface area contributed by atoms with E-state index in [1.165, 1.54) is 6.07 Å². The fraction of sp³-hybridized carbons (Fsp3) is 0.0909. The summed E-state index contributed by atoms with van der Waals surface area (Å²) in [5.74, 6) is -0.756. The zero-order valence-corrected chi connectivity index (χ0v) is 8.66. The van der Waals surface area contributed by atoms with Crippen molar-refractivity contribution in [2.24, 2.45) is 0 Å². The molecule has 6 heteroatoms. The molecule has 0 aliphatic carbocycles. The summed E-state index contributed by atoms with van der Waals surface area (Å²) >= 11 is 0. The molecule has 0 fully saturated rings. The van der Waals surface area contributed by atoms with Crippen LogP contribution in [-0.2, 0) is 6.61 Å². The smallest absolute Gasteiger partial charge is 0.357 e. The molecule has 2 N–H and O–H groups in total. The molecule has 0 atom stereocenters. The molecular weight excluding hydrogens is 226 g/mol. The number of carbonyl (C=O) groups is 1. The van der Waals surface area contributed by atoms with E-state index in [0.29, 0.717) is 0 Å². The van der Waals surface area contributed by atoms with Gasteiger partial charge in [-0.1, -0.05) is 12.1 Å². The van der Waals surface area contributed by atoms with Crippen molar-refractivity contribution in [1.82, 2.24) is 4.98 Å². The van der Waals surface area contributed by atoms with Crippen LogP contribution in [0.4, 0.5) is 0 Å². The summed E-state index contributed by atoms with van der Waals surface area (Å²) in [6.07, 6.45) is 1.03. The van der Waals surface area contributed by atoms with Crippen LogP contribution in [0.15, 0.2) is 34.9 Å². The molecule has 1 aromatic heterocycles. The van der Waals surface area contributed by atoms with Crippen molar-refractivity contribution >= 4 is 5.97 Å². The number of phenolic OH excluding ortho intramolecular Hbond substituents is 1. The van der Waals surface area contributed by atoms with Crippen molar-refractivity contribution in [2.45, 2.75) is 6.61 Å². The third kappa shape index (κ3) is 2.54. The van der Waals surface area contributed by atoms with E-state index >= 15 is 0 Å². The summed E-state index contributed by atoms with van der Waals surface area (Å²) in [6, 6.07) is 6.42. The van der Waals surface area contributed by atoms with E-state index in [-0.39, 0.29) is 29.7 Å². The highest BCUT2D eigenvalue weighted by Crippen LogP contribution is 2.25. The van der Waals surface area contributed by atoms with E-state index in [0.717, 1.165) is 6.26 Å². The Morgan fingerprint density at radius 2 is 2.18 bits per heavy atom. The fourth-order valence-corrected chi connectivity index (χ4v) is 1.19. The van der Waals surface area contributed by atoms with Gasteiger partial charge in [-0.3, -0.25) is 0 Å². The van der Waals surface area contributed by atoms with Gasteiger partial charge in [0.15, 0.2) is 23.8 Å². The van der Waals surface area contributed by atoms with Crippen molar-refractivity contribution in [2.75, 3.05) is 0 Å². The number of ether oxygens (including phenoxy) is 1. The average Bonchev–Trinajstić information content (AvgIpc) is 2.77. The first kappa shape index (κ1) is 11.0. The number of hydrogen-bond acceptors (Lipinski definition) is 5. The molecule has 0 radical (unpaired) electrons. The second kappa shape index (κ2) is 4.56. The van der Waals surface area contributed by atoms with Crippen LogP contribution in [0.2, 0.25) is 0 Å². The van der Waals surface area contributed by atoms with Gasteiger partial charge < -0.3 is 19.4 Å². The molecular formula is C11H9NO5. The van der Waals surface area contributed by atoms with E-state index in [2.05, 4.69) is 4.98 Å². The summed E-state index contributed by atoms with van der Waals surface area (Å²) in [7, 11) is 0. The van der Waals surface area contributed by atoms with Gasteiger partial charge in [0, 0.05) is 0 Å². The summed E-state index contributed by atoms with van der Waals surface area (Å²) < 4.78 is 10.1. The highest BCUT2D eigenvalue weighted by molar-refractivity contribution is 5.84. The van der Waals surface area contributed by atoms with Crippen molar-refractivity contribution in [3.05, 3.63) is 42.1 Å². The molecule has 0 unspecified atom stereocenters. The molecule has 0 aliphatic heterocycles. The molecule has 0 saturated heterocycles. The Balaban J connectivity index is 2.02. The number of para-hydroxylation sites is 2. The van der Waals surface area contributed by atoms with Crippen LogP contribution in [0.3, 0.4) is 0 Å². The Hall–Kier alpha value is -2.50. The Morgan fingerprint density at radius 3 is 2.82 bits per heavy atom. The zero-order valence-electron chi connectivity index (χ0n) is 8.66. The number of aromatic nitrogens is 1. The normalized spacial score (nSPS) is 10.1. The third-order valence-corrected chi connectivity index (χ3v) is 1.99. The lowest BCUT2D eigenvalue weighted by Crippen LogP contribution is -1.99. The summed E-state index contributed by atoms with van der Waals surface area (Å²) in [6.45, 7) is -0.0507. The van der Waals surface area contributed by atoms with Crippen LogP contribution in [0, 0.1) is 0 Å². The highest BCUT2D eigenvalue weighted by Gasteiger charge is 2.11. The predicted molar refractivity (Wildman–Crippen MR) is 55.9 cm³/mol. The molecule has 0 amide bonds. The van der Waals surface area contributed by atoms with Crippen molar-refractivity contribution in [3.63, 3.8) is 0 Å². The van der Waals surface area contributed by atoms with Crippen LogP contribution in [0.1, 0.15) is 16.4 Å². The number of nitrogens with zero attached hydrogens (tertiary/aromatic N) is 1. The van der Waals surface area contributed by atoms with E-state index in [9.17, 15) is 9.90 Å². The topological polar surface area (TPSA) is 92.8 Å². The number of oxazole rings is 1. The minimum absolute atomic E-state index is 0.00230. The van der Waals surface area contributed by atoms with Crippen LogP contribution in [0.25, 0.3) is 0 Å². The van der Waals surface area contributed by atoms with Crippen LogP contribution in [0.5, 0.6) is 11.5 Å². The SMILES string of the molecule is O=C(O)c1coc(COc2ccccc2O)n1. The maximum atomic E-state index is 10.5.